The molecule has 2 aromatic heterocycles. The van der Waals surface area contributed by atoms with E-state index in [1.807, 2.05) is 43.9 Å². The smallest absolute Gasteiger partial charge is 0.227 e. The van der Waals surface area contributed by atoms with Gasteiger partial charge in [-0.25, -0.2) is 4.98 Å². The molecule has 0 radical (unpaired) electrons. The van der Waals surface area contributed by atoms with Crippen molar-refractivity contribution in [2.75, 3.05) is 13.1 Å². The minimum absolute atomic E-state index is 0.254. The Balaban J connectivity index is 1.65. The van der Waals surface area contributed by atoms with Crippen molar-refractivity contribution in [2.45, 2.75) is 39.5 Å². The summed E-state index contributed by atoms with van der Waals surface area (Å²) in [6.45, 7) is 7.63. The molecule has 5 heteroatoms. The lowest BCUT2D eigenvalue weighted by atomic mass is 9.91. The van der Waals surface area contributed by atoms with Crippen molar-refractivity contribution < 1.29 is 4.79 Å². The Bertz CT molecular complexity index is 667. The van der Waals surface area contributed by atoms with Gasteiger partial charge in [-0.05, 0) is 25.0 Å². The number of pyridine rings is 1. The lowest BCUT2D eigenvalue weighted by Crippen LogP contribution is -2.43. The van der Waals surface area contributed by atoms with E-state index < -0.39 is 0 Å². The van der Waals surface area contributed by atoms with Crippen molar-refractivity contribution in [2.24, 2.45) is 5.41 Å². The van der Waals surface area contributed by atoms with E-state index in [4.69, 9.17) is 4.98 Å². The maximum atomic E-state index is 12.4. The van der Waals surface area contributed by atoms with E-state index in [1.165, 1.54) is 5.01 Å². The highest BCUT2D eigenvalue weighted by atomic mass is 32.1. The second-order valence-corrected chi connectivity index (χ2v) is 7.99. The van der Waals surface area contributed by atoms with Crippen LogP contribution in [-0.2, 0) is 4.79 Å². The summed E-state index contributed by atoms with van der Waals surface area (Å²) in [6, 6.07) is 5.89. The van der Waals surface area contributed by atoms with Crippen molar-refractivity contribution in [3.63, 3.8) is 0 Å². The maximum absolute atomic E-state index is 12.4. The maximum Gasteiger partial charge on any atom is 0.227 e. The third-order valence-corrected chi connectivity index (χ3v) is 5.23. The summed E-state index contributed by atoms with van der Waals surface area (Å²) < 4.78 is 0. The van der Waals surface area contributed by atoms with Gasteiger partial charge in [-0.1, -0.05) is 26.8 Å². The Kier molecular flexibility index (Phi) is 4.48. The van der Waals surface area contributed by atoms with E-state index >= 15 is 0 Å². The quantitative estimate of drug-likeness (QED) is 0.838. The third-order valence-electron chi connectivity index (χ3n) is 4.22. The molecule has 23 heavy (non-hydrogen) atoms. The number of carbonyl (C=O) groups is 1. The molecule has 0 atom stereocenters. The number of amides is 1. The average Bonchev–Trinajstić information content (AvgIpc) is 3.04. The van der Waals surface area contributed by atoms with Crippen LogP contribution in [0, 0.1) is 5.41 Å². The SMILES string of the molecule is CC(C)(C)C(=O)N1CCC(c2nc(-c3ccccn3)cs2)CC1. The normalized spacial score (nSPS) is 16.6. The fraction of sp³-hybridized carbons (Fsp3) is 0.500. The van der Waals surface area contributed by atoms with Crippen LogP contribution in [0.2, 0.25) is 0 Å². The summed E-state index contributed by atoms with van der Waals surface area (Å²) in [7, 11) is 0. The molecule has 3 rings (SSSR count). The summed E-state index contributed by atoms with van der Waals surface area (Å²) in [5, 5.41) is 3.26. The molecule has 1 fully saturated rings. The van der Waals surface area contributed by atoms with E-state index in [1.54, 1.807) is 17.5 Å². The van der Waals surface area contributed by atoms with E-state index in [2.05, 4.69) is 10.4 Å². The zero-order valence-electron chi connectivity index (χ0n) is 14.0. The molecule has 0 aromatic carbocycles. The van der Waals surface area contributed by atoms with Gasteiger partial charge >= 0.3 is 0 Å². The van der Waals surface area contributed by atoms with Gasteiger partial charge in [-0.3, -0.25) is 9.78 Å². The fourth-order valence-electron chi connectivity index (χ4n) is 2.91. The van der Waals surface area contributed by atoms with Gasteiger partial charge in [0.05, 0.1) is 16.4 Å². The Hall–Kier alpha value is -1.75. The first-order valence-electron chi connectivity index (χ1n) is 8.11. The first-order valence-corrected chi connectivity index (χ1v) is 8.99. The van der Waals surface area contributed by atoms with E-state index in [0.29, 0.717) is 5.92 Å². The standard InChI is InChI=1S/C18H23N3OS/c1-18(2,3)17(22)21-10-7-13(8-11-21)16-20-15(12-23-16)14-6-4-5-9-19-14/h4-6,9,12-13H,7-8,10-11H2,1-3H3. The van der Waals surface area contributed by atoms with E-state index in [9.17, 15) is 4.79 Å². The lowest BCUT2D eigenvalue weighted by molar-refractivity contribution is -0.140. The van der Waals surface area contributed by atoms with Crippen LogP contribution in [0.25, 0.3) is 11.4 Å². The Morgan fingerprint density at radius 3 is 2.57 bits per heavy atom. The summed E-state index contributed by atoms with van der Waals surface area (Å²) >= 11 is 1.71. The molecule has 0 unspecified atom stereocenters. The topological polar surface area (TPSA) is 46.1 Å². The van der Waals surface area contributed by atoms with Gasteiger partial charge < -0.3 is 4.90 Å². The van der Waals surface area contributed by atoms with Gasteiger partial charge in [0.1, 0.15) is 0 Å². The average molecular weight is 329 g/mol. The molecule has 4 nitrogen and oxygen atoms in total. The molecule has 3 heterocycles. The molecule has 122 valence electrons. The summed E-state index contributed by atoms with van der Waals surface area (Å²) in [4.78, 5) is 23.5. The number of carbonyl (C=O) groups excluding carboxylic acids is 1. The molecule has 1 aliphatic heterocycles. The highest BCUT2D eigenvalue weighted by Gasteiger charge is 2.31. The zero-order chi connectivity index (χ0) is 16.4. The Labute approximate surface area is 141 Å². The summed E-state index contributed by atoms with van der Waals surface area (Å²) in [5.74, 6) is 0.714. The molecule has 0 bridgehead atoms. The van der Waals surface area contributed by atoms with Crippen molar-refractivity contribution >= 4 is 17.2 Å². The second kappa shape index (κ2) is 6.40. The minimum atomic E-state index is -0.292. The van der Waals surface area contributed by atoms with Crippen LogP contribution in [-0.4, -0.2) is 33.9 Å². The first kappa shape index (κ1) is 16.1. The molecular weight excluding hydrogens is 306 g/mol. The third kappa shape index (κ3) is 3.61. The summed E-state index contributed by atoms with van der Waals surface area (Å²) in [5.41, 5.74) is 1.59. The number of aromatic nitrogens is 2. The molecule has 1 saturated heterocycles. The molecule has 2 aromatic rings. The predicted molar refractivity (Wildman–Crippen MR) is 93.4 cm³/mol. The van der Waals surface area contributed by atoms with Gasteiger partial charge in [0.2, 0.25) is 5.91 Å². The van der Waals surface area contributed by atoms with Crippen LogP contribution >= 0.6 is 11.3 Å². The van der Waals surface area contributed by atoms with Gasteiger partial charge in [-0.15, -0.1) is 11.3 Å². The number of nitrogens with zero attached hydrogens (tertiary/aromatic N) is 3. The van der Waals surface area contributed by atoms with Crippen molar-refractivity contribution in [1.29, 1.82) is 0 Å². The van der Waals surface area contributed by atoms with Crippen LogP contribution in [0.4, 0.5) is 0 Å². The molecule has 0 saturated carbocycles. The molecule has 1 amide bonds. The van der Waals surface area contributed by atoms with Gasteiger partial charge in [0.25, 0.3) is 0 Å². The lowest BCUT2D eigenvalue weighted by Gasteiger charge is -2.35. The van der Waals surface area contributed by atoms with Crippen LogP contribution in [0.3, 0.4) is 0 Å². The predicted octanol–water partition coefficient (Wildman–Crippen LogP) is 3.96. The number of rotatable bonds is 2. The largest absolute Gasteiger partial charge is 0.342 e. The van der Waals surface area contributed by atoms with Crippen LogP contribution < -0.4 is 0 Å². The zero-order valence-corrected chi connectivity index (χ0v) is 14.8. The van der Waals surface area contributed by atoms with E-state index in [0.717, 1.165) is 37.3 Å². The van der Waals surface area contributed by atoms with Gasteiger partial charge in [0, 0.05) is 36.0 Å². The van der Waals surface area contributed by atoms with E-state index in [-0.39, 0.29) is 11.3 Å². The van der Waals surface area contributed by atoms with Crippen LogP contribution in [0.1, 0.15) is 44.5 Å². The highest BCUT2D eigenvalue weighted by Crippen LogP contribution is 2.33. The highest BCUT2D eigenvalue weighted by molar-refractivity contribution is 7.10. The number of hydrogen-bond donors (Lipinski definition) is 0. The number of likely N-dealkylation sites (tertiary alicyclic amines) is 1. The molecular formula is C18H23N3OS. The van der Waals surface area contributed by atoms with Crippen molar-refractivity contribution in [1.82, 2.24) is 14.9 Å². The molecule has 0 aliphatic carbocycles. The minimum Gasteiger partial charge on any atom is -0.342 e. The number of hydrogen-bond acceptors (Lipinski definition) is 4. The van der Waals surface area contributed by atoms with Crippen molar-refractivity contribution in [3.8, 4) is 11.4 Å². The second-order valence-electron chi connectivity index (χ2n) is 7.10. The van der Waals surface area contributed by atoms with Crippen LogP contribution in [0.5, 0.6) is 0 Å². The fourth-order valence-corrected chi connectivity index (χ4v) is 3.90. The first-order chi connectivity index (χ1) is 10.9. The van der Waals surface area contributed by atoms with Crippen LogP contribution in [0.15, 0.2) is 29.8 Å². The Morgan fingerprint density at radius 2 is 1.96 bits per heavy atom. The number of thiazole rings is 1. The van der Waals surface area contributed by atoms with Crippen molar-refractivity contribution in [3.05, 3.63) is 34.8 Å². The van der Waals surface area contributed by atoms with Gasteiger partial charge in [-0.2, -0.15) is 0 Å². The summed E-state index contributed by atoms with van der Waals surface area (Å²) in [6.07, 6.45) is 3.79. The van der Waals surface area contributed by atoms with Gasteiger partial charge in [0.15, 0.2) is 0 Å². The number of piperidine rings is 1. The molecule has 0 N–H and O–H groups in total. The molecule has 0 spiro atoms. The molecule has 1 aliphatic rings. The monoisotopic (exact) mass is 329 g/mol. The Morgan fingerprint density at radius 1 is 1.22 bits per heavy atom.